The second kappa shape index (κ2) is 8.36. The number of hydrogen-bond acceptors (Lipinski definition) is 3. The Morgan fingerprint density at radius 2 is 2.14 bits per heavy atom. The highest BCUT2D eigenvalue weighted by atomic mass is 35.5. The molecule has 22 heavy (non-hydrogen) atoms. The Morgan fingerprint density at radius 1 is 1.41 bits per heavy atom. The summed E-state index contributed by atoms with van der Waals surface area (Å²) >= 11 is 5.81. The van der Waals surface area contributed by atoms with Crippen molar-refractivity contribution in [3.8, 4) is 0 Å². The van der Waals surface area contributed by atoms with Crippen LogP contribution in [0.1, 0.15) is 12.5 Å². The molecule has 1 aliphatic rings. The monoisotopic (exact) mass is 326 g/mol. The average molecular weight is 327 g/mol. The topological polar surface area (TPSA) is 61.8 Å². The summed E-state index contributed by atoms with van der Waals surface area (Å²) in [5.41, 5.74) is 1.05. The molecule has 1 fully saturated rings. The molecule has 0 saturated carbocycles. The summed E-state index contributed by atoms with van der Waals surface area (Å²) in [6, 6.07) is 7.41. The van der Waals surface area contributed by atoms with Crippen LogP contribution in [0, 0.1) is 11.8 Å². The Labute approximate surface area is 136 Å². The second-order valence-electron chi connectivity index (χ2n) is 5.74. The largest absolute Gasteiger partial charge is 0.396 e. The first kappa shape index (κ1) is 17.1. The molecule has 1 aliphatic heterocycles. The third kappa shape index (κ3) is 4.87. The third-order valence-electron chi connectivity index (χ3n) is 3.99. The van der Waals surface area contributed by atoms with E-state index in [1.807, 2.05) is 24.3 Å². The molecule has 0 aromatic heterocycles. The number of aliphatic hydroxyl groups excluding tert-OH is 1. The molecule has 2 atom stereocenters. The standard InChI is InChI=1S/C16H23ClN2O3/c1-12-8-19(9-14(12)10-20)16(21)18-6-7-22-11-13-2-4-15(17)5-3-13/h2-5,12,14,20H,6-11H2,1H3,(H,18,21)/t12-,14+/m1/s1. The number of nitrogens with one attached hydrogen (secondary N) is 1. The Morgan fingerprint density at radius 3 is 2.77 bits per heavy atom. The normalized spacial score (nSPS) is 21.1. The quantitative estimate of drug-likeness (QED) is 0.787. The molecule has 5 nitrogen and oxygen atoms in total. The Hall–Kier alpha value is -1.30. The summed E-state index contributed by atoms with van der Waals surface area (Å²) in [6.07, 6.45) is 0. The van der Waals surface area contributed by atoms with E-state index in [2.05, 4.69) is 12.2 Å². The highest BCUT2D eigenvalue weighted by Crippen LogP contribution is 2.22. The highest BCUT2D eigenvalue weighted by Gasteiger charge is 2.31. The molecule has 0 bridgehead atoms. The molecular formula is C16H23ClN2O3. The van der Waals surface area contributed by atoms with Gasteiger partial charge in [-0.3, -0.25) is 0 Å². The zero-order valence-electron chi connectivity index (χ0n) is 12.8. The Bertz CT molecular complexity index is 481. The predicted octanol–water partition coefficient (Wildman–Crippen LogP) is 2.13. The van der Waals surface area contributed by atoms with Gasteiger partial charge in [-0.2, -0.15) is 0 Å². The fourth-order valence-corrected chi connectivity index (χ4v) is 2.68. The van der Waals surface area contributed by atoms with E-state index in [4.69, 9.17) is 16.3 Å². The van der Waals surface area contributed by atoms with Crippen LogP contribution in [0.5, 0.6) is 0 Å². The van der Waals surface area contributed by atoms with Crippen molar-refractivity contribution in [2.24, 2.45) is 11.8 Å². The first-order valence-electron chi connectivity index (χ1n) is 7.56. The lowest BCUT2D eigenvalue weighted by Crippen LogP contribution is -2.40. The van der Waals surface area contributed by atoms with Crippen molar-refractivity contribution in [2.75, 3.05) is 32.8 Å². The molecule has 122 valence electrons. The number of benzene rings is 1. The van der Waals surface area contributed by atoms with E-state index in [9.17, 15) is 9.90 Å². The number of hydrogen-bond donors (Lipinski definition) is 2. The van der Waals surface area contributed by atoms with Crippen molar-refractivity contribution >= 4 is 17.6 Å². The van der Waals surface area contributed by atoms with Gasteiger partial charge in [0, 0.05) is 37.2 Å². The van der Waals surface area contributed by atoms with Crippen LogP contribution in [0.2, 0.25) is 5.02 Å². The van der Waals surface area contributed by atoms with E-state index in [0.717, 1.165) is 5.56 Å². The number of urea groups is 1. The van der Waals surface area contributed by atoms with Crippen LogP contribution in [0.15, 0.2) is 24.3 Å². The molecule has 2 N–H and O–H groups in total. The molecule has 2 amide bonds. The molecule has 0 aliphatic carbocycles. The number of nitrogens with zero attached hydrogens (tertiary/aromatic N) is 1. The molecule has 1 aromatic carbocycles. The van der Waals surface area contributed by atoms with Crippen LogP contribution < -0.4 is 5.32 Å². The van der Waals surface area contributed by atoms with Gasteiger partial charge in [0.05, 0.1) is 13.2 Å². The van der Waals surface area contributed by atoms with Gasteiger partial charge in [0.15, 0.2) is 0 Å². The smallest absolute Gasteiger partial charge is 0.317 e. The zero-order valence-corrected chi connectivity index (χ0v) is 13.6. The molecular weight excluding hydrogens is 304 g/mol. The summed E-state index contributed by atoms with van der Waals surface area (Å²) in [5, 5.41) is 12.8. The van der Waals surface area contributed by atoms with Crippen LogP contribution in [-0.2, 0) is 11.3 Å². The predicted molar refractivity (Wildman–Crippen MR) is 85.8 cm³/mol. The maximum atomic E-state index is 12.0. The fourth-order valence-electron chi connectivity index (χ4n) is 2.55. The van der Waals surface area contributed by atoms with Crippen LogP contribution in [0.3, 0.4) is 0 Å². The maximum absolute atomic E-state index is 12.0. The molecule has 0 spiro atoms. The number of likely N-dealkylation sites (tertiary alicyclic amines) is 1. The number of carbonyl (C=O) groups excluding carboxylic acids is 1. The number of halogens is 1. The van der Waals surface area contributed by atoms with Crippen LogP contribution in [0.25, 0.3) is 0 Å². The van der Waals surface area contributed by atoms with Crippen molar-refractivity contribution in [3.63, 3.8) is 0 Å². The lowest BCUT2D eigenvalue weighted by atomic mass is 10.00. The molecule has 1 heterocycles. The van der Waals surface area contributed by atoms with Crippen molar-refractivity contribution in [2.45, 2.75) is 13.5 Å². The Kier molecular flexibility index (Phi) is 6.49. The lowest BCUT2D eigenvalue weighted by Gasteiger charge is -2.17. The number of rotatable bonds is 6. The van der Waals surface area contributed by atoms with Crippen molar-refractivity contribution < 1.29 is 14.6 Å². The van der Waals surface area contributed by atoms with E-state index in [-0.39, 0.29) is 18.6 Å². The molecule has 0 radical (unpaired) electrons. The minimum absolute atomic E-state index is 0.0853. The highest BCUT2D eigenvalue weighted by molar-refractivity contribution is 6.30. The van der Waals surface area contributed by atoms with E-state index in [0.29, 0.717) is 43.8 Å². The van der Waals surface area contributed by atoms with Crippen LogP contribution >= 0.6 is 11.6 Å². The summed E-state index contributed by atoms with van der Waals surface area (Å²) in [4.78, 5) is 13.7. The van der Waals surface area contributed by atoms with Gasteiger partial charge in [0.25, 0.3) is 0 Å². The molecule has 1 saturated heterocycles. The van der Waals surface area contributed by atoms with Gasteiger partial charge in [0.2, 0.25) is 0 Å². The first-order valence-corrected chi connectivity index (χ1v) is 7.93. The van der Waals surface area contributed by atoms with E-state index in [1.54, 1.807) is 4.90 Å². The summed E-state index contributed by atoms with van der Waals surface area (Å²) in [7, 11) is 0. The third-order valence-corrected chi connectivity index (χ3v) is 4.25. The molecule has 0 unspecified atom stereocenters. The lowest BCUT2D eigenvalue weighted by molar-refractivity contribution is 0.121. The summed E-state index contributed by atoms with van der Waals surface area (Å²) in [5.74, 6) is 0.531. The maximum Gasteiger partial charge on any atom is 0.317 e. The average Bonchev–Trinajstić information content (AvgIpc) is 2.90. The van der Waals surface area contributed by atoms with Crippen LogP contribution in [-0.4, -0.2) is 48.9 Å². The van der Waals surface area contributed by atoms with Gasteiger partial charge >= 0.3 is 6.03 Å². The van der Waals surface area contributed by atoms with Crippen LogP contribution in [0.4, 0.5) is 4.79 Å². The second-order valence-corrected chi connectivity index (χ2v) is 6.17. The van der Waals surface area contributed by atoms with E-state index < -0.39 is 0 Å². The van der Waals surface area contributed by atoms with E-state index >= 15 is 0 Å². The van der Waals surface area contributed by atoms with E-state index in [1.165, 1.54) is 0 Å². The zero-order chi connectivity index (χ0) is 15.9. The minimum Gasteiger partial charge on any atom is -0.396 e. The van der Waals surface area contributed by atoms with Gasteiger partial charge in [-0.25, -0.2) is 4.79 Å². The van der Waals surface area contributed by atoms with Crippen molar-refractivity contribution in [3.05, 3.63) is 34.9 Å². The van der Waals surface area contributed by atoms with Gasteiger partial charge in [-0.05, 0) is 23.6 Å². The summed E-state index contributed by atoms with van der Waals surface area (Å²) < 4.78 is 5.52. The fraction of sp³-hybridized carbons (Fsp3) is 0.562. The molecule has 1 aromatic rings. The van der Waals surface area contributed by atoms with Crippen molar-refractivity contribution in [1.29, 1.82) is 0 Å². The number of carbonyl (C=O) groups is 1. The number of amides is 2. The minimum atomic E-state index is -0.0853. The Balaban J connectivity index is 1.60. The van der Waals surface area contributed by atoms with Gasteiger partial charge in [-0.1, -0.05) is 30.7 Å². The summed E-state index contributed by atoms with van der Waals surface area (Å²) in [6.45, 7) is 4.94. The molecule has 2 rings (SSSR count). The van der Waals surface area contributed by atoms with Gasteiger partial charge in [-0.15, -0.1) is 0 Å². The molecule has 6 heteroatoms. The number of ether oxygens (including phenoxy) is 1. The first-order chi connectivity index (χ1) is 10.6. The number of aliphatic hydroxyl groups is 1. The van der Waals surface area contributed by atoms with Gasteiger partial charge in [0.1, 0.15) is 0 Å². The SMILES string of the molecule is C[C@@H]1CN(C(=O)NCCOCc2ccc(Cl)cc2)C[C@H]1CO. The van der Waals surface area contributed by atoms with Gasteiger partial charge < -0.3 is 20.1 Å². The van der Waals surface area contributed by atoms with Crippen molar-refractivity contribution in [1.82, 2.24) is 10.2 Å².